The molecule has 0 bridgehead atoms. The molecule has 13 heavy (non-hydrogen) atoms. The van der Waals surface area contributed by atoms with Crippen molar-refractivity contribution in [2.75, 3.05) is 0 Å². The van der Waals surface area contributed by atoms with Crippen LogP contribution in [-0.2, 0) is 4.84 Å². The van der Waals surface area contributed by atoms with Crippen LogP contribution in [0.25, 0.3) is 0 Å². The Balaban J connectivity index is 2.86. The average Bonchev–Trinajstić information content (AvgIpc) is 2.57. The molecule has 1 heterocycles. The Bertz CT molecular complexity index is 286. The highest BCUT2D eigenvalue weighted by atomic mass is 16.6. The van der Waals surface area contributed by atoms with Crippen molar-refractivity contribution in [2.24, 2.45) is 11.1 Å². The minimum Gasteiger partial charge on any atom is -0.463 e. The minimum atomic E-state index is 0.256. The number of oxime groups is 1. The highest BCUT2D eigenvalue weighted by Gasteiger charge is 2.11. The number of hydrogen-bond acceptors (Lipinski definition) is 3. The van der Waals surface area contributed by atoms with E-state index in [2.05, 4.69) is 11.7 Å². The first kappa shape index (κ1) is 9.58. The summed E-state index contributed by atoms with van der Waals surface area (Å²) >= 11 is 0. The fraction of sp³-hybridized carbons (Fsp3) is 0.300. The van der Waals surface area contributed by atoms with Gasteiger partial charge in [-0.3, -0.25) is 0 Å². The standard InChI is InChI=1S/C10H13NO2/c1-4-13-11-10(8(2)3)9-6-5-7-12-9/h4-8H,1H2,2-3H3/b11-10+. The molecule has 1 aromatic heterocycles. The van der Waals surface area contributed by atoms with Gasteiger partial charge in [-0.25, -0.2) is 0 Å². The summed E-state index contributed by atoms with van der Waals surface area (Å²) in [6.45, 7) is 7.46. The van der Waals surface area contributed by atoms with Gasteiger partial charge < -0.3 is 9.25 Å². The Labute approximate surface area is 77.7 Å². The lowest BCUT2D eigenvalue weighted by molar-refractivity contribution is 0.266. The normalized spacial score (nSPS) is 11.8. The smallest absolute Gasteiger partial charge is 0.151 e. The van der Waals surface area contributed by atoms with Gasteiger partial charge in [0.15, 0.2) is 5.76 Å². The second kappa shape index (κ2) is 4.50. The van der Waals surface area contributed by atoms with E-state index < -0.39 is 0 Å². The molecule has 0 radical (unpaired) electrons. The van der Waals surface area contributed by atoms with Crippen LogP contribution in [0.4, 0.5) is 0 Å². The largest absolute Gasteiger partial charge is 0.463 e. The third kappa shape index (κ3) is 2.47. The second-order valence-electron chi connectivity index (χ2n) is 2.88. The Morgan fingerprint density at radius 3 is 2.92 bits per heavy atom. The van der Waals surface area contributed by atoms with E-state index in [9.17, 15) is 0 Å². The van der Waals surface area contributed by atoms with Gasteiger partial charge in [-0.1, -0.05) is 25.6 Å². The van der Waals surface area contributed by atoms with Crippen LogP contribution in [0.1, 0.15) is 19.6 Å². The van der Waals surface area contributed by atoms with Crippen LogP contribution < -0.4 is 0 Å². The first-order valence-corrected chi connectivity index (χ1v) is 4.14. The molecule has 0 aliphatic carbocycles. The van der Waals surface area contributed by atoms with Gasteiger partial charge in [0.05, 0.1) is 6.26 Å². The molecule has 0 saturated carbocycles. The van der Waals surface area contributed by atoms with Gasteiger partial charge in [-0.05, 0) is 12.1 Å². The van der Waals surface area contributed by atoms with Gasteiger partial charge >= 0.3 is 0 Å². The van der Waals surface area contributed by atoms with Crippen molar-refractivity contribution in [3.05, 3.63) is 37.0 Å². The van der Waals surface area contributed by atoms with E-state index in [1.54, 1.807) is 6.26 Å². The zero-order chi connectivity index (χ0) is 9.68. The van der Waals surface area contributed by atoms with E-state index in [1.807, 2.05) is 26.0 Å². The summed E-state index contributed by atoms with van der Waals surface area (Å²) in [5, 5.41) is 3.89. The lowest BCUT2D eigenvalue weighted by Crippen LogP contribution is -2.08. The topological polar surface area (TPSA) is 34.7 Å². The molecule has 70 valence electrons. The van der Waals surface area contributed by atoms with Crippen molar-refractivity contribution in [1.29, 1.82) is 0 Å². The Morgan fingerprint density at radius 1 is 1.69 bits per heavy atom. The molecule has 0 amide bonds. The molecule has 0 aromatic carbocycles. The van der Waals surface area contributed by atoms with Crippen LogP contribution in [0.3, 0.4) is 0 Å². The summed E-state index contributed by atoms with van der Waals surface area (Å²) in [4.78, 5) is 4.77. The average molecular weight is 179 g/mol. The van der Waals surface area contributed by atoms with E-state index in [1.165, 1.54) is 6.26 Å². The molecular weight excluding hydrogens is 166 g/mol. The first-order valence-electron chi connectivity index (χ1n) is 4.14. The lowest BCUT2D eigenvalue weighted by Gasteiger charge is -2.04. The minimum absolute atomic E-state index is 0.256. The molecule has 0 unspecified atom stereocenters. The molecular formula is C10H13NO2. The molecule has 1 aromatic rings. The van der Waals surface area contributed by atoms with Gasteiger partial charge in [0.1, 0.15) is 12.0 Å². The van der Waals surface area contributed by atoms with E-state index in [0.717, 1.165) is 11.5 Å². The van der Waals surface area contributed by atoms with Gasteiger partial charge in [-0.2, -0.15) is 0 Å². The fourth-order valence-electron chi connectivity index (χ4n) is 0.953. The third-order valence-corrected chi connectivity index (χ3v) is 1.55. The third-order valence-electron chi connectivity index (χ3n) is 1.55. The maximum atomic E-state index is 5.21. The SMILES string of the molecule is C=CO/N=C(/c1ccco1)C(C)C. The number of nitrogens with zero attached hydrogens (tertiary/aromatic N) is 1. The van der Waals surface area contributed by atoms with Crippen LogP contribution in [0, 0.1) is 5.92 Å². The summed E-state index contributed by atoms with van der Waals surface area (Å²) in [6, 6.07) is 3.67. The van der Waals surface area contributed by atoms with Crippen molar-refractivity contribution < 1.29 is 9.25 Å². The van der Waals surface area contributed by atoms with E-state index in [0.29, 0.717) is 0 Å². The van der Waals surface area contributed by atoms with E-state index >= 15 is 0 Å². The zero-order valence-electron chi connectivity index (χ0n) is 7.86. The monoisotopic (exact) mass is 179 g/mol. The van der Waals surface area contributed by atoms with Crippen LogP contribution in [-0.4, -0.2) is 5.71 Å². The van der Waals surface area contributed by atoms with Gasteiger partial charge in [0.25, 0.3) is 0 Å². The molecule has 0 spiro atoms. The second-order valence-corrected chi connectivity index (χ2v) is 2.88. The molecule has 0 saturated heterocycles. The molecule has 0 aliphatic heterocycles. The number of rotatable bonds is 4. The molecule has 0 fully saturated rings. The van der Waals surface area contributed by atoms with Crippen LogP contribution in [0.5, 0.6) is 0 Å². The van der Waals surface area contributed by atoms with Gasteiger partial charge in [0, 0.05) is 5.92 Å². The maximum absolute atomic E-state index is 5.21. The van der Waals surface area contributed by atoms with Gasteiger partial charge in [0.2, 0.25) is 0 Å². The quantitative estimate of drug-likeness (QED) is 0.404. The molecule has 0 atom stereocenters. The summed E-state index contributed by atoms with van der Waals surface area (Å²) in [5.74, 6) is 0.989. The maximum Gasteiger partial charge on any atom is 0.151 e. The molecule has 3 heteroatoms. The zero-order valence-corrected chi connectivity index (χ0v) is 7.86. The van der Waals surface area contributed by atoms with Crippen molar-refractivity contribution in [3.8, 4) is 0 Å². The Hall–Kier alpha value is -1.51. The van der Waals surface area contributed by atoms with Crippen LogP contribution in [0.15, 0.2) is 40.8 Å². The van der Waals surface area contributed by atoms with Crippen molar-refractivity contribution >= 4 is 5.71 Å². The number of hydrogen-bond donors (Lipinski definition) is 0. The van der Waals surface area contributed by atoms with E-state index in [4.69, 9.17) is 9.25 Å². The summed E-state index contributed by atoms with van der Waals surface area (Å²) < 4.78 is 5.21. The van der Waals surface area contributed by atoms with Crippen molar-refractivity contribution in [3.63, 3.8) is 0 Å². The van der Waals surface area contributed by atoms with Crippen LogP contribution >= 0.6 is 0 Å². The van der Waals surface area contributed by atoms with Crippen molar-refractivity contribution in [2.45, 2.75) is 13.8 Å². The molecule has 3 nitrogen and oxygen atoms in total. The summed E-state index contributed by atoms with van der Waals surface area (Å²) in [6.07, 6.45) is 2.90. The highest BCUT2D eigenvalue weighted by molar-refractivity contribution is 5.99. The molecule has 0 aliphatic rings. The molecule has 0 N–H and O–H groups in total. The Kier molecular flexibility index (Phi) is 3.31. The fourth-order valence-corrected chi connectivity index (χ4v) is 0.953. The predicted molar refractivity (Wildman–Crippen MR) is 51.4 cm³/mol. The molecule has 1 rings (SSSR count). The Morgan fingerprint density at radius 2 is 2.46 bits per heavy atom. The summed E-state index contributed by atoms with van der Waals surface area (Å²) in [7, 11) is 0. The number of furan rings is 1. The van der Waals surface area contributed by atoms with Crippen molar-refractivity contribution in [1.82, 2.24) is 0 Å². The summed E-state index contributed by atoms with van der Waals surface area (Å²) in [5.41, 5.74) is 0.782. The lowest BCUT2D eigenvalue weighted by atomic mass is 10.1. The highest BCUT2D eigenvalue weighted by Crippen LogP contribution is 2.10. The van der Waals surface area contributed by atoms with E-state index in [-0.39, 0.29) is 5.92 Å². The predicted octanol–water partition coefficient (Wildman–Crippen LogP) is 2.80. The van der Waals surface area contributed by atoms with Gasteiger partial charge in [-0.15, -0.1) is 0 Å². The first-order chi connectivity index (χ1) is 6.25. The van der Waals surface area contributed by atoms with Crippen LogP contribution in [0.2, 0.25) is 0 Å².